The van der Waals surface area contributed by atoms with Crippen LogP contribution in [0.4, 0.5) is 0 Å². The minimum atomic E-state index is 1.14. The van der Waals surface area contributed by atoms with Gasteiger partial charge in [-0.25, -0.2) is 0 Å². The van der Waals surface area contributed by atoms with Gasteiger partial charge in [0.15, 0.2) is 0 Å². The van der Waals surface area contributed by atoms with Gasteiger partial charge in [-0.05, 0) is 98.3 Å². The van der Waals surface area contributed by atoms with Crippen LogP contribution in [0.3, 0.4) is 0 Å². The normalized spacial score (nSPS) is 12.4. The zero-order valence-electron chi connectivity index (χ0n) is 29.9. The lowest BCUT2D eigenvalue weighted by Crippen LogP contribution is -1.99. The average Bonchev–Trinajstić information content (AvgIpc) is 3.89. The predicted molar refractivity (Wildman–Crippen MR) is 225 cm³/mol. The zero-order valence-corrected chi connectivity index (χ0v) is 29.9. The monoisotopic (exact) mass is 680 g/mol. The second kappa shape index (κ2) is 11.1. The Kier molecular flexibility index (Phi) is 6.27. The molecule has 0 amide bonds. The standard InChI is InChI=1S/C49H36N4/c1-4-13-42-31(2)40-28-32(52-45-19-10-6-14-35(45)36-15-7-11-20-46(36)52)24-27-48(40)51(42)34-22-25-39-37-16-8-12-21-47(37)53(49(39)30-34)33-23-26-44-41(29-33)38-17-5-9-18-43(38)50(44)3/h4-30H,1-3H3/b13-4-. The summed E-state index contributed by atoms with van der Waals surface area (Å²) in [6.07, 6.45) is 4.41. The van der Waals surface area contributed by atoms with Crippen LogP contribution in [0.2, 0.25) is 0 Å². The van der Waals surface area contributed by atoms with Gasteiger partial charge in [0.25, 0.3) is 0 Å². The summed E-state index contributed by atoms with van der Waals surface area (Å²) in [5.41, 5.74) is 14.5. The molecule has 4 heteroatoms. The van der Waals surface area contributed by atoms with Gasteiger partial charge >= 0.3 is 0 Å². The van der Waals surface area contributed by atoms with E-state index < -0.39 is 0 Å². The molecule has 0 aliphatic rings. The first kappa shape index (κ1) is 29.9. The van der Waals surface area contributed by atoms with Crippen molar-refractivity contribution in [1.29, 1.82) is 0 Å². The summed E-state index contributed by atoms with van der Waals surface area (Å²) in [5, 5.41) is 8.84. The minimum absolute atomic E-state index is 1.14. The molecule has 0 aliphatic heterocycles. The number of hydrogen-bond donors (Lipinski definition) is 0. The fourth-order valence-corrected chi connectivity index (χ4v) is 9.10. The van der Waals surface area contributed by atoms with Crippen LogP contribution in [0.25, 0.3) is 99.5 Å². The third kappa shape index (κ3) is 4.12. The molecule has 0 saturated carbocycles. The number of fused-ring (bicyclic) bond motifs is 10. The quantitative estimate of drug-likeness (QED) is 0.176. The van der Waals surface area contributed by atoms with Crippen molar-refractivity contribution in [1.82, 2.24) is 18.3 Å². The van der Waals surface area contributed by atoms with Gasteiger partial charge in [-0.2, -0.15) is 0 Å². The van der Waals surface area contributed by atoms with Crippen LogP contribution in [-0.2, 0) is 7.05 Å². The third-order valence-electron chi connectivity index (χ3n) is 11.5. The fourth-order valence-electron chi connectivity index (χ4n) is 9.10. The molecule has 0 spiro atoms. The van der Waals surface area contributed by atoms with Crippen molar-refractivity contribution in [3.05, 3.63) is 169 Å². The molecule has 11 rings (SSSR count). The van der Waals surface area contributed by atoms with E-state index in [1.54, 1.807) is 0 Å². The van der Waals surface area contributed by atoms with Crippen molar-refractivity contribution in [3.63, 3.8) is 0 Å². The van der Waals surface area contributed by atoms with Crippen LogP contribution in [0.5, 0.6) is 0 Å². The van der Waals surface area contributed by atoms with E-state index in [1.807, 2.05) is 0 Å². The Balaban J connectivity index is 1.15. The predicted octanol–water partition coefficient (Wildman–Crippen LogP) is 12.8. The lowest BCUT2D eigenvalue weighted by molar-refractivity contribution is 1.01. The molecule has 53 heavy (non-hydrogen) atoms. The molecule has 0 radical (unpaired) electrons. The number of benzene rings is 7. The molecule has 0 atom stereocenters. The van der Waals surface area contributed by atoms with Gasteiger partial charge in [0, 0.05) is 78.5 Å². The highest BCUT2D eigenvalue weighted by molar-refractivity contribution is 6.12. The maximum absolute atomic E-state index is 2.45. The number of hydrogen-bond acceptors (Lipinski definition) is 0. The highest BCUT2D eigenvalue weighted by Crippen LogP contribution is 2.39. The molecule has 0 bridgehead atoms. The van der Waals surface area contributed by atoms with E-state index in [1.165, 1.54) is 93.3 Å². The largest absolute Gasteiger partial charge is 0.344 e. The second-order valence-electron chi connectivity index (χ2n) is 14.2. The summed E-state index contributed by atoms with van der Waals surface area (Å²) in [5.74, 6) is 0. The molecular formula is C49H36N4. The Bertz CT molecular complexity index is 3270. The number of allylic oxidation sites excluding steroid dienone is 1. The highest BCUT2D eigenvalue weighted by atomic mass is 15.0. The molecular weight excluding hydrogens is 645 g/mol. The van der Waals surface area contributed by atoms with Crippen LogP contribution >= 0.6 is 0 Å². The fraction of sp³-hybridized carbons (Fsp3) is 0.0612. The molecule has 4 nitrogen and oxygen atoms in total. The molecule has 0 saturated heterocycles. The van der Waals surface area contributed by atoms with Crippen LogP contribution in [0, 0.1) is 6.92 Å². The van der Waals surface area contributed by atoms with Crippen molar-refractivity contribution in [2.45, 2.75) is 13.8 Å². The van der Waals surface area contributed by atoms with E-state index in [4.69, 9.17) is 0 Å². The summed E-state index contributed by atoms with van der Waals surface area (Å²) < 4.78 is 9.60. The molecule has 252 valence electrons. The Morgan fingerprint density at radius 3 is 1.40 bits per heavy atom. The summed E-state index contributed by atoms with van der Waals surface area (Å²) >= 11 is 0. The Morgan fingerprint density at radius 2 is 0.792 bits per heavy atom. The Labute approximate surface area is 306 Å². The minimum Gasteiger partial charge on any atom is -0.344 e. The number of nitrogens with zero attached hydrogens (tertiary/aromatic N) is 4. The highest BCUT2D eigenvalue weighted by Gasteiger charge is 2.20. The Morgan fingerprint density at radius 1 is 0.377 bits per heavy atom. The van der Waals surface area contributed by atoms with Crippen molar-refractivity contribution in [3.8, 4) is 17.1 Å². The first-order chi connectivity index (χ1) is 26.1. The summed E-state index contributed by atoms with van der Waals surface area (Å²) in [4.78, 5) is 0. The number of para-hydroxylation sites is 4. The topological polar surface area (TPSA) is 19.7 Å². The van der Waals surface area contributed by atoms with Gasteiger partial charge < -0.3 is 18.3 Å². The van der Waals surface area contributed by atoms with Crippen LogP contribution < -0.4 is 0 Å². The summed E-state index contributed by atoms with van der Waals surface area (Å²) in [6.45, 7) is 4.37. The number of aromatic nitrogens is 4. The summed E-state index contributed by atoms with van der Waals surface area (Å²) in [7, 11) is 2.16. The molecule has 0 unspecified atom stereocenters. The molecule has 4 aromatic heterocycles. The SMILES string of the molecule is C/C=C\c1c(C)c2cc(-n3c4ccccc4c4ccccc43)ccc2n1-c1ccc2c3ccccc3n(-c3ccc4c(c3)c3ccccc3n4C)c2c1. The van der Waals surface area contributed by atoms with Crippen LogP contribution in [-0.4, -0.2) is 18.3 Å². The second-order valence-corrected chi connectivity index (χ2v) is 14.2. The molecule has 0 aliphatic carbocycles. The number of rotatable bonds is 4. The zero-order chi connectivity index (χ0) is 35.4. The maximum Gasteiger partial charge on any atom is 0.0561 e. The van der Waals surface area contributed by atoms with E-state index >= 15 is 0 Å². The van der Waals surface area contributed by atoms with Crippen molar-refractivity contribution >= 4 is 82.4 Å². The average molecular weight is 681 g/mol. The number of aryl methyl sites for hydroxylation is 2. The van der Waals surface area contributed by atoms with Crippen molar-refractivity contribution < 1.29 is 0 Å². The van der Waals surface area contributed by atoms with Crippen LogP contribution in [0.1, 0.15) is 18.2 Å². The van der Waals surface area contributed by atoms with Crippen molar-refractivity contribution in [2.24, 2.45) is 7.05 Å². The van der Waals surface area contributed by atoms with Gasteiger partial charge in [0.1, 0.15) is 0 Å². The van der Waals surface area contributed by atoms with E-state index in [9.17, 15) is 0 Å². The molecule has 7 aromatic carbocycles. The van der Waals surface area contributed by atoms with E-state index in [-0.39, 0.29) is 0 Å². The van der Waals surface area contributed by atoms with E-state index in [0.717, 1.165) is 11.4 Å². The lowest BCUT2D eigenvalue weighted by Gasteiger charge is -2.13. The molecule has 0 N–H and O–H groups in total. The van der Waals surface area contributed by atoms with Gasteiger partial charge in [-0.3, -0.25) is 0 Å². The van der Waals surface area contributed by atoms with Gasteiger partial charge in [-0.1, -0.05) is 84.9 Å². The van der Waals surface area contributed by atoms with E-state index in [2.05, 4.69) is 203 Å². The van der Waals surface area contributed by atoms with Gasteiger partial charge in [0.2, 0.25) is 0 Å². The van der Waals surface area contributed by atoms with Crippen LogP contribution in [0.15, 0.2) is 158 Å². The van der Waals surface area contributed by atoms with Crippen molar-refractivity contribution in [2.75, 3.05) is 0 Å². The lowest BCUT2D eigenvalue weighted by atomic mass is 10.1. The molecule has 0 fully saturated rings. The maximum atomic E-state index is 2.45. The van der Waals surface area contributed by atoms with Gasteiger partial charge in [-0.15, -0.1) is 0 Å². The van der Waals surface area contributed by atoms with Gasteiger partial charge in [0.05, 0.1) is 27.6 Å². The third-order valence-corrected chi connectivity index (χ3v) is 11.5. The first-order valence-electron chi connectivity index (χ1n) is 18.4. The first-order valence-corrected chi connectivity index (χ1v) is 18.4. The Hall–Kier alpha value is -6.78. The summed E-state index contributed by atoms with van der Waals surface area (Å²) in [6, 6.07) is 55.8. The smallest absolute Gasteiger partial charge is 0.0561 e. The molecule has 4 heterocycles. The van der Waals surface area contributed by atoms with E-state index in [0.29, 0.717) is 0 Å². The molecule has 11 aromatic rings.